The molecule has 1 fully saturated rings. The van der Waals surface area contributed by atoms with E-state index in [4.69, 9.17) is 9.47 Å². The number of rotatable bonds is 7. The zero-order valence-corrected chi connectivity index (χ0v) is 16.4. The summed E-state index contributed by atoms with van der Waals surface area (Å²) in [7, 11) is 0.780. The van der Waals surface area contributed by atoms with Gasteiger partial charge in [0.15, 0.2) is 11.5 Å². The Bertz CT molecular complexity index is 664. The van der Waals surface area contributed by atoms with Gasteiger partial charge in [0.2, 0.25) is 10.0 Å². The highest BCUT2D eigenvalue weighted by Gasteiger charge is 2.32. The van der Waals surface area contributed by atoms with Crippen LogP contribution in [0.2, 0.25) is 0 Å². The van der Waals surface area contributed by atoms with Crippen molar-refractivity contribution in [1.82, 2.24) is 9.62 Å². The molecule has 1 aliphatic rings. The monoisotopic (exact) mass is 396 g/mol. The second-order valence-electron chi connectivity index (χ2n) is 5.88. The minimum absolute atomic E-state index is 0. The van der Waals surface area contributed by atoms with E-state index in [0.717, 1.165) is 31.9 Å². The van der Waals surface area contributed by atoms with Crippen LogP contribution < -0.4 is 14.8 Å². The average molecular weight is 397 g/mol. The fraction of sp³-hybridized carbons (Fsp3) is 0.625. The predicted octanol–water partition coefficient (Wildman–Crippen LogP) is 2.27. The number of hydrogen-bond donors (Lipinski definition) is 1. The van der Waals surface area contributed by atoms with Crippen molar-refractivity contribution in [3.05, 3.63) is 17.9 Å². The summed E-state index contributed by atoms with van der Waals surface area (Å²) >= 11 is 0. The largest absolute Gasteiger partial charge is 0.493 e. The van der Waals surface area contributed by atoms with Crippen LogP contribution in [-0.4, -0.2) is 53.6 Å². The van der Waals surface area contributed by atoms with Gasteiger partial charge < -0.3 is 14.8 Å². The van der Waals surface area contributed by atoms with Gasteiger partial charge in [-0.1, -0.05) is 0 Å². The van der Waals surface area contributed by atoms with Crippen molar-refractivity contribution in [3.8, 4) is 11.5 Å². The topological polar surface area (TPSA) is 67.9 Å². The van der Waals surface area contributed by atoms with Gasteiger partial charge in [0.05, 0.1) is 14.2 Å². The molecule has 0 saturated carbocycles. The number of nitrogens with zero attached hydrogens (tertiary/aromatic N) is 1. The lowest BCUT2D eigenvalue weighted by atomic mass is 9.95. The fourth-order valence-corrected chi connectivity index (χ4v) is 4.49. The number of nitrogens with one attached hydrogen (secondary N) is 1. The van der Waals surface area contributed by atoms with Gasteiger partial charge in [0.25, 0.3) is 0 Å². The summed E-state index contributed by atoms with van der Waals surface area (Å²) < 4.78 is 51.3. The molecule has 2 rings (SSSR count). The van der Waals surface area contributed by atoms with E-state index in [0.29, 0.717) is 19.0 Å². The van der Waals surface area contributed by atoms with E-state index in [1.165, 1.54) is 24.6 Å². The van der Waals surface area contributed by atoms with Crippen molar-refractivity contribution in [2.45, 2.75) is 24.2 Å². The molecule has 0 amide bonds. The van der Waals surface area contributed by atoms with Crippen molar-refractivity contribution in [2.75, 3.05) is 40.9 Å². The van der Waals surface area contributed by atoms with Crippen molar-refractivity contribution in [1.29, 1.82) is 0 Å². The van der Waals surface area contributed by atoms with Crippen LogP contribution in [0.5, 0.6) is 11.5 Å². The molecule has 9 heteroatoms. The first-order valence-electron chi connectivity index (χ1n) is 8.00. The molecular weight excluding hydrogens is 371 g/mol. The maximum absolute atomic E-state index is 14.3. The second-order valence-corrected chi connectivity index (χ2v) is 7.78. The molecule has 25 heavy (non-hydrogen) atoms. The van der Waals surface area contributed by atoms with Gasteiger partial charge in [-0.25, -0.2) is 12.8 Å². The summed E-state index contributed by atoms with van der Waals surface area (Å²) in [5.74, 6) is 0.0326. The highest BCUT2D eigenvalue weighted by Crippen LogP contribution is 2.34. The third-order valence-electron chi connectivity index (χ3n) is 4.43. The molecule has 1 heterocycles. The molecule has 0 bridgehead atoms. The number of methoxy groups -OCH3 is 2. The van der Waals surface area contributed by atoms with Crippen LogP contribution in [0.15, 0.2) is 17.0 Å². The van der Waals surface area contributed by atoms with E-state index in [9.17, 15) is 12.8 Å². The molecule has 0 unspecified atom stereocenters. The molecule has 0 radical (unpaired) electrons. The molecule has 0 aliphatic carbocycles. The Labute approximate surface area is 155 Å². The number of benzene rings is 1. The van der Waals surface area contributed by atoms with Crippen LogP contribution in [0.3, 0.4) is 0 Å². The second kappa shape index (κ2) is 9.56. The first kappa shape index (κ1) is 22.0. The van der Waals surface area contributed by atoms with Crippen molar-refractivity contribution in [3.63, 3.8) is 0 Å². The highest BCUT2D eigenvalue weighted by molar-refractivity contribution is 7.89. The summed E-state index contributed by atoms with van der Waals surface area (Å²) in [6.45, 7) is 1.73. The Morgan fingerprint density at radius 3 is 2.28 bits per heavy atom. The number of hydrogen-bond acceptors (Lipinski definition) is 5. The molecule has 1 aromatic carbocycles. The van der Waals surface area contributed by atoms with E-state index in [2.05, 4.69) is 5.32 Å². The summed E-state index contributed by atoms with van der Waals surface area (Å²) in [5, 5.41) is 3.11. The van der Waals surface area contributed by atoms with Crippen LogP contribution in [0, 0.1) is 11.7 Å². The van der Waals surface area contributed by atoms with Gasteiger partial charge in [-0.3, -0.25) is 0 Å². The first-order valence-corrected chi connectivity index (χ1v) is 9.44. The van der Waals surface area contributed by atoms with Crippen LogP contribution in [0.25, 0.3) is 0 Å². The molecule has 1 saturated heterocycles. The van der Waals surface area contributed by atoms with E-state index < -0.39 is 15.8 Å². The molecule has 0 atom stereocenters. The van der Waals surface area contributed by atoms with Crippen LogP contribution >= 0.6 is 12.4 Å². The van der Waals surface area contributed by atoms with Crippen molar-refractivity contribution < 1.29 is 22.3 Å². The lowest BCUT2D eigenvalue weighted by Crippen LogP contribution is -2.39. The van der Waals surface area contributed by atoms with Gasteiger partial charge in [0.1, 0.15) is 10.7 Å². The van der Waals surface area contributed by atoms with Crippen LogP contribution in [-0.2, 0) is 10.0 Å². The van der Waals surface area contributed by atoms with Crippen molar-refractivity contribution >= 4 is 22.4 Å². The molecule has 0 aromatic heterocycles. The Morgan fingerprint density at radius 1 is 1.20 bits per heavy atom. The van der Waals surface area contributed by atoms with Crippen LogP contribution in [0.1, 0.15) is 19.3 Å². The normalized spacial score (nSPS) is 16.3. The van der Waals surface area contributed by atoms with Crippen molar-refractivity contribution in [2.24, 2.45) is 5.92 Å². The minimum Gasteiger partial charge on any atom is -0.493 e. The third kappa shape index (κ3) is 4.97. The summed E-state index contributed by atoms with van der Waals surface area (Å²) in [4.78, 5) is -0.367. The van der Waals surface area contributed by atoms with Crippen LogP contribution in [0.4, 0.5) is 4.39 Å². The highest BCUT2D eigenvalue weighted by atomic mass is 35.5. The third-order valence-corrected chi connectivity index (χ3v) is 6.35. The fourth-order valence-electron chi connectivity index (χ4n) is 2.96. The van der Waals surface area contributed by atoms with Gasteiger partial charge >= 0.3 is 0 Å². The summed E-state index contributed by atoms with van der Waals surface area (Å²) in [6, 6.07) is 2.24. The SMILES string of the molecule is CNCCC1CCN(S(=O)(=O)c2cc(OC)c(OC)cc2F)CC1.Cl. The molecular formula is C16H26ClFN2O4S. The molecule has 1 aliphatic heterocycles. The van der Waals surface area contributed by atoms with E-state index in [1.54, 1.807) is 0 Å². The molecule has 0 spiro atoms. The quantitative estimate of drug-likeness (QED) is 0.765. The van der Waals surface area contributed by atoms with E-state index in [-0.39, 0.29) is 28.8 Å². The zero-order valence-electron chi connectivity index (χ0n) is 14.7. The van der Waals surface area contributed by atoms with Gasteiger partial charge in [-0.2, -0.15) is 4.31 Å². The molecule has 6 nitrogen and oxygen atoms in total. The molecule has 144 valence electrons. The lowest BCUT2D eigenvalue weighted by Gasteiger charge is -2.31. The Balaban J connectivity index is 0.00000312. The van der Waals surface area contributed by atoms with E-state index >= 15 is 0 Å². The van der Waals surface area contributed by atoms with E-state index in [1.807, 2.05) is 7.05 Å². The Morgan fingerprint density at radius 2 is 1.76 bits per heavy atom. The predicted molar refractivity (Wildman–Crippen MR) is 96.8 cm³/mol. The smallest absolute Gasteiger partial charge is 0.246 e. The first-order chi connectivity index (χ1) is 11.4. The Kier molecular flexibility index (Phi) is 8.40. The molecule has 1 aromatic rings. The van der Waals surface area contributed by atoms with Gasteiger partial charge in [-0.05, 0) is 38.8 Å². The summed E-state index contributed by atoms with van der Waals surface area (Å²) in [5.41, 5.74) is 0. The number of piperidine rings is 1. The maximum Gasteiger partial charge on any atom is 0.246 e. The number of ether oxygens (including phenoxy) is 2. The van der Waals surface area contributed by atoms with Gasteiger partial charge in [-0.15, -0.1) is 12.4 Å². The number of sulfonamides is 1. The molecule has 1 N–H and O–H groups in total. The maximum atomic E-state index is 14.3. The van der Waals surface area contributed by atoms with Gasteiger partial charge in [0, 0.05) is 25.2 Å². The lowest BCUT2D eigenvalue weighted by molar-refractivity contribution is 0.262. The summed E-state index contributed by atoms with van der Waals surface area (Å²) in [6.07, 6.45) is 2.60. The standard InChI is InChI=1S/C16H25FN2O4S.ClH/c1-18-7-4-12-5-8-19(9-6-12)24(20,21)16-11-15(23-3)14(22-2)10-13(16)17;/h10-12,18H,4-9H2,1-3H3;1H. The average Bonchev–Trinajstić information content (AvgIpc) is 2.59. The minimum atomic E-state index is -3.89. The number of halogens is 2. The Hall–Kier alpha value is -1.09. The zero-order chi connectivity index (χ0) is 17.7.